The molecule has 0 aliphatic carbocycles. The number of anilines is 1. The highest BCUT2D eigenvalue weighted by Crippen LogP contribution is 2.25. The zero-order chi connectivity index (χ0) is 14.8. The van der Waals surface area contributed by atoms with E-state index in [0.717, 1.165) is 35.9 Å². The van der Waals surface area contributed by atoms with Crippen molar-refractivity contribution < 1.29 is 0 Å². The monoisotopic (exact) mass is 273 g/mol. The number of aromatic nitrogens is 4. The van der Waals surface area contributed by atoms with Gasteiger partial charge in [-0.15, -0.1) is 0 Å². The Kier molecular flexibility index (Phi) is 4.06. The molecule has 0 radical (unpaired) electrons. The van der Waals surface area contributed by atoms with Crippen molar-refractivity contribution in [3.05, 3.63) is 24.2 Å². The summed E-state index contributed by atoms with van der Waals surface area (Å²) in [6.45, 7) is 9.53. The van der Waals surface area contributed by atoms with Crippen LogP contribution in [-0.4, -0.2) is 26.3 Å². The van der Waals surface area contributed by atoms with E-state index in [9.17, 15) is 0 Å². The van der Waals surface area contributed by atoms with E-state index in [1.165, 1.54) is 0 Å². The first-order chi connectivity index (χ1) is 9.40. The first kappa shape index (κ1) is 14.5. The van der Waals surface area contributed by atoms with Gasteiger partial charge in [0.1, 0.15) is 5.82 Å². The molecular weight excluding hydrogens is 250 g/mol. The predicted octanol–water partition coefficient (Wildman–Crippen LogP) is 3.00. The standard InChI is InChI=1S/C15H23N5/c1-6-7-16-13-8-12(15(2,3)4)18-14(19-13)11-9-17-20(5)10-11/h8-10H,6-7H2,1-5H3,(H,16,18,19). The number of hydrogen-bond acceptors (Lipinski definition) is 4. The lowest BCUT2D eigenvalue weighted by atomic mass is 9.92. The van der Waals surface area contributed by atoms with Crippen molar-refractivity contribution in [2.45, 2.75) is 39.5 Å². The maximum absolute atomic E-state index is 4.69. The van der Waals surface area contributed by atoms with Gasteiger partial charge in [-0.3, -0.25) is 4.68 Å². The SMILES string of the molecule is CCCNc1cc(C(C)(C)C)nc(-c2cnn(C)c2)n1. The van der Waals surface area contributed by atoms with Crippen LogP contribution in [0.25, 0.3) is 11.4 Å². The van der Waals surface area contributed by atoms with Gasteiger partial charge >= 0.3 is 0 Å². The molecule has 0 bridgehead atoms. The summed E-state index contributed by atoms with van der Waals surface area (Å²) in [6, 6.07) is 2.04. The van der Waals surface area contributed by atoms with Gasteiger partial charge in [0.05, 0.1) is 17.5 Å². The van der Waals surface area contributed by atoms with Gasteiger partial charge in [0.15, 0.2) is 5.82 Å². The van der Waals surface area contributed by atoms with Gasteiger partial charge in [-0.2, -0.15) is 5.10 Å². The predicted molar refractivity (Wildman–Crippen MR) is 81.7 cm³/mol. The van der Waals surface area contributed by atoms with Gasteiger partial charge in [-0.25, -0.2) is 9.97 Å². The summed E-state index contributed by atoms with van der Waals surface area (Å²) in [5, 5.41) is 7.54. The molecule has 2 rings (SSSR count). The highest BCUT2D eigenvalue weighted by atomic mass is 15.2. The van der Waals surface area contributed by atoms with E-state index in [1.807, 2.05) is 19.3 Å². The number of hydrogen-bond donors (Lipinski definition) is 1. The van der Waals surface area contributed by atoms with Crippen LogP contribution in [0.3, 0.4) is 0 Å². The van der Waals surface area contributed by atoms with Crippen molar-refractivity contribution in [3.8, 4) is 11.4 Å². The fraction of sp³-hybridized carbons (Fsp3) is 0.533. The van der Waals surface area contributed by atoms with Crippen LogP contribution in [0.1, 0.15) is 39.8 Å². The molecule has 0 unspecified atom stereocenters. The largest absolute Gasteiger partial charge is 0.370 e. The van der Waals surface area contributed by atoms with Crippen LogP contribution in [0.5, 0.6) is 0 Å². The molecule has 0 aromatic carbocycles. The fourth-order valence-corrected chi connectivity index (χ4v) is 1.84. The van der Waals surface area contributed by atoms with Crippen LogP contribution in [-0.2, 0) is 12.5 Å². The number of aryl methyl sites for hydroxylation is 1. The Balaban J connectivity index is 2.45. The average Bonchev–Trinajstić information content (AvgIpc) is 2.82. The van der Waals surface area contributed by atoms with Crippen molar-refractivity contribution in [2.75, 3.05) is 11.9 Å². The second-order valence-corrected chi connectivity index (χ2v) is 6.04. The summed E-state index contributed by atoms with van der Waals surface area (Å²) >= 11 is 0. The molecule has 0 fully saturated rings. The van der Waals surface area contributed by atoms with Crippen LogP contribution < -0.4 is 5.32 Å². The minimum Gasteiger partial charge on any atom is -0.370 e. The molecule has 2 aromatic heterocycles. The van der Waals surface area contributed by atoms with Crippen LogP contribution in [0.4, 0.5) is 5.82 Å². The third-order valence-electron chi connectivity index (χ3n) is 3.01. The molecule has 0 saturated carbocycles. The highest BCUT2D eigenvalue weighted by Gasteiger charge is 2.18. The Morgan fingerprint density at radius 3 is 2.55 bits per heavy atom. The fourth-order valence-electron chi connectivity index (χ4n) is 1.84. The van der Waals surface area contributed by atoms with Crippen molar-refractivity contribution >= 4 is 5.82 Å². The molecule has 0 saturated heterocycles. The van der Waals surface area contributed by atoms with Gasteiger partial charge in [-0.1, -0.05) is 27.7 Å². The highest BCUT2D eigenvalue weighted by molar-refractivity contribution is 5.56. The molecule has 0 aliphatic rings. The topological polar surface area (TPSA) is 55.6 Å². The maximum atomic E-state index is 4.69. The zero-order valence-corrected chi connectivity index (χ0v) is 12.9. The van der Waals surface area contributed by atoms with E-state index < -0.39 is 0 Å². The van der Waals surface area contributed by atoms with E-state index in [-0.39, 0.29) is 5.41 Å². The molecule has 0 amide bonds. The number of nitrogens with one attached hydrogen (secondary N) is 1. The van der Waals surface area contributed by atoms with E-state index >= 15 is 0 Å². The molecule has 1 N–H and O–H groups in total. The Labute approximate surface area is 120 Å². The molecule has 2 aromatic rings. The lowest BCUT2D eigenvalue weighted by molar-refractivity contribution is 0.568. The van der Waals surface area contributed by atoms with Crippen molar-refractivity contribution in [1.29, 1.82) is 0 Å². The van der Waals surface area contributed by atoms with Crippen molar-refractivity contribution in [1.82, 2.24) is 19.7 Å². The minimum absolute atomic E-state index is 0.0114. The summed E-state index contributed by atoms with van der Waals surface area (Å²) in [4.78, 5) is 9.28. The second-order valence-electron chi connectivity index (χ2n) is 6.04. The molecule has 5 heteroatoms. The molecular formula is C15H23N5. The quantitative estimate of drug-likeness (QED) is 0.930. The third kappa shape index (κ3) is 3.35. The summed E-state index contributed by atoms with van der Waals surface area (Å²) in [5.74, 6) is 1.61. The van der Waals surface area contributed by atoms with Crippen LogP contribution in [0.15, 0.2) is 18.5 Å². The molecule has 108 valence electrons. The number of rotatable bonds is 4. The van der Waals surface area contributed by atoms with E-state index in [4.69, 9.17) is 4.98 Å². The summed E-state index contributed by atoms with van der Waals surface area (Å²) in [7, 11) is 1.90. The van der Waals surface area contributed by atoms with Gasteiger partial charge in [0.25, 0.3) is 0 Å². The molecule has 2 heterocycles. The van der Waals surface area contributed by atoms with Gasteiger partial charge in [0, 0.05) is 31.3 Å². The van der Waals surface area contributed by atoms with E-state index in [2.05, 4.69) is 43.1 Å². The first-order valence-corrected chi connectivity index (χ1v) is 7.02. The Bertz CT molecular complexity index is 580. The average molecular weight is 273 g/mol. The summed E-state index contributed by atoms with van der Waals surface area (Å²) in [6.07, 6.45) is 4.80. The Hall–Kier alpha value is -1.91. The minimum atomic E-state index is -0.0114. The van der Waals surface area contributed by atoms with Crippen LogP contribution in [0, 0.1) is 0 Å². The molecule has 5 nitrogen and oxygen atoms in total. The summed E-state index contributed by atoms with van der Waals surface area (Å²) < 4.78 is 1.77. The lowest BCUT2D eigenvalue weighted by Crippen LogP contribution is -2.16. The summed E-state index contributed by atoms with van der Waals surface area (Å²) in [5.41, 5.74) is 1.96. The van der Waals surface area contributed by atoms with Crippen molar-refractivity contribution in [2.24, 2.45) is 7.05 Å². The van der Waals surface area contributed by atoms with Crippen LogP contribution in [0.2, 0.25) is 0 Å². The first-order valence-electron chi connectivity index (χ1n) is 7.02. The molecule has 0 atom stereocenters. The molecule has 0 aliphatic heterocycles. The maximum Gasteiger partial charge on any atom is 0.164 e. The van der Waals surface area contributed by atoms with E-state index in [1.54, 1.807) is 10.9 Å². The van der Waals surface area contributed by atoms with Gasteiger partial charge in [0.2, 0.25) is 0 Å². The normalized spacial score (nSPS) is 11.7. The van der Waals surface area contributed by atoms with Gasteiger partial charge < -0.3 is 5.32 Å². The molecule has 20 heavy (non-hydrogen) atoms. The Morgan fingerprint density at radius 1 is 1.25 bits per heavy atom. The smallest absolute Gasteiger partial charge is 0.164 e. The third-order valence-corrected chi connectivity index (χ3v) is 3.01. The Morgan fingerprint density at radius 2 is 2.00 bits per heavy atom. The molecule has 0 spiro atoms. The van der Waals surface area contributed by atoms with Crippen molar-refractivity contribution in [3.63, 3.8) is 0 Å². The van der Waals surface area contributed by atoms with E-state index in [0.29, 0.717) is 0 Å². The number of nitrogens with zero attached hydrogens (tertiary/aromatic N) is 4. The van der Waals surface area contributed by atoms with Crippen LogP contribution >= 0.6 is 0 Å². The van der Waals surface area contributed by atoms with Gasteiger partial charge in [-0.05, 0) is 6.42 Å². The lowest BCUT2D eigenvalue weighted by Gasteiger charge is -2.19. The zero-order valence-electron chi connectivity index (χ0n) is 12.9. The second kappa shape index (κ2) is 5.61.